The molecule has 0 unspecified atom stereocenters. The number of aromatic nitrogens is 2. The maximum Gasteiger partial charge on any atom is 0.162 e. The second kappa shape index (κ2) is 6.55. The highest BCUT2D eigenvalue weighted by Crippen LogP contribution is 2.26. The van der Waals surface area contributed by atoms with Crippen LogP contribution in [0.2, 0.25) is 0 Å². The van der Waals surface area contributed by atoms with Crippen molar-refractivity contribution in [2.45, 2.75) is 12.1 Å². The minimum Gasteiger partial charge on any atom is -0.378 e. The zero-order valence-electron chi connectivity index (χ0n) is 13.6. The molecule has 24 heavy (non-hydrogen) atoms. The first-order chi connectivity index (χ1) is 11.8. The highest BCUT2D eigenvalue weighted by atomic mass is 16.5. The van der Waals surface area contributed by atoms with E-state index in [1.165, 1.54) is 0 Å². The van der Waals surface area contributed by atoms with Crippen molar-refractivity contribution < 1.29 is 4.74 Å². The number of ether oxygens (including phenoxy) is 1. The summed E-state index contributed by atoms with van der Waals surface area (Å²) in [4.78, 5) is 9.52. The molecule has 0 spiro atoms. The summed E-state index contributed by atoms with van der Waals surface area (Å²) in [5.74, 6) is 1.59. The lowest BCUT2D eigenvalue weighted by molar-refractivity contribution is 0.111. The van der Waals surface area contributed by atoms with Gasteiger partial charge in [0.25, 0.3) is 0 Å². The Balaban J connectivity index is 1.78. The fourth-order valence-corrected chi connectivity index (χ4v) is 3.12. The van der Waals surface area contributed by atoms with Crippen LogP contribution in [0.15, 0.2) is 54.6 Å². The molecule has 1 aliphatic rings. The normalized spacial score (nSPS) is 20.4. The van der Waals surface area contributed by atoms with Crippen molar-refractivity contribution in [1.29, 1.82) is 0 Å². The van der Waals surface area contributed by atoms with Crippen LogP contribution in [-0.2, 0) is 4.74 Å². The first-order valence-electron chi connectivity index (χ1n) is 8.17. The molecule has 5 nitrogen and oxygen atoms in total. The van der Waals surface area contributed by atoms with E-state index in [1.807, 2.05) is 48.5 Å². The van der Waals surface area contributed by atoms with Crippen molar-refractivity contribution in [3.63, 3.8) is 0 Å². The summed E-state index contributed by atoms with van der Waals surface area (Å²) < 4.78 is 5.55. The number of rotatable bonds is 4. The number of nitrogens with zero attached hydrogens (tertiary/aromatic N) is 2. The SMILES string of the molecule is CO[C@H]1CNC[C@@H]1Nc1nc(-c2ccccc2)nc2ccccc12. The predicted molar refractivity (Wildman–Crippen MR) is 96.1 cm³/mol. The lowest BCUT2D eigenvalue weighted by atomic mass is 10.1. The Hall–Kier alpha value is -2.50. The summed E-state index contributed by atoms with van der Waals surface area (Å²) in [7, 11) is 1.75. The number of hydrogen-bond acceptors (Lipinski definition) is 5. The third kappa shape index (κ3) is 2.84. The third-order valence-corrected chi connectivity index (χ3v) is 4.42. The standard InChI is InChI=1S/C19H20N4O/c1-24-17-12-20-11-16(17)22-19-14-9-5-6-10-15(14)21-18(23-19)13-7-3-2-4-8-13/h2-10,16-17,20H,11-12H2,1H3,(H,21,22,23)/t16-,17-/m0/s1. The molecule has 1 saturated heterocycles. The van der Waals surface area contributed by atoms with Crippen LogP contribution in [0.5, 0.6) is 0 Å². The molecular weight excluding hydrogens is 300 g/mol. The maximum absolute atomic E-state index is 5.55. The molecule has 1 fully saturated rings. The van der Waals surface area contributed by atoms with Gasteiger partial charge in [-0.15, -0.1) is 0 Å². The number of fused-ring (bicyclic) bond motifs is 1. The largest absolute Gasteiger partial charge is 0.378 e. The highest BCUT2D eigenvalue weighted by Gasteiger charge is 2.27. The van der Waals surface area contributed by atoms with Gasteiger partial charge in [-0.05, 0) is 12.1 Å². The molecule has 0 radical (unpaired) electrons. The Kier molecular flexibility index (Phi) is 4.11. The Labute approximate surface area is 141 Å². The minimum absolute atomic E-state index is 0.138. The van der Waals surface area contributed by atoms with Gasteiger partial charge in [0, 0.05) is 31.1 Å². The lowest BCUT2D eigenvalue weighted by Crippen LogP contribution is -2.34. The van der Waals surface area contributed by atoms with Gasteiger partial charge < -0.3 is 15.4 Å². The van der Waals surface area contributed by atoms with E-state index < -0.39 is 0 Å². The van der Waals surface area contributed by atoms with Crippen LogP contribution in [0.4, 0.5) is 5.82 Å². The minimum atomic E-state index is 0.138. The molecule has 3 aromatic rings. The van der Waals surface area contributed by atoms with E-state index in [2.05, 4.69) is 16.7 Å². The second-order valence-corrected chi connectivity index (χ2v) is 5.96. The van der Waals surface area contributed by atoms with Crippen molar-refractivity contribution in [2.75, 3.05) is 25.5 Å². The number of nitrogens with one attached hydrogen (secondary N) is 2. The third-order valence-electron chi connectivity index (χ3n) is 4.42. The van der Waals surface area contributed by atoms with Gasteiger partial charge in [-0.1, -0.05) is 42.5 Å². The van der Waals surface area contributed by atoms with Gasteiger partial charge >= 0.3 is 0 Å². The van der Waals surface area contributed by atoms with Gasteiger partial charge in [0.05, 0.1) is 17.7 Å². The average Bonchev–Trinajstić information content (AvgIpc) is 3.09. The van der Waals surface area contributed by atoms with Crippen LogP contribution in [0, 0.1) is 0 Å². The Morgan fingerprint density at radius 1 is 1.00 bits per heavy atom. The molecule has 0 bridgehead atoms. The molecule has 0 saturated carbocycles. The Morgan fingerprint density at radius 2 is 1.79 bits per heavy atom. The van der Waals surface area contributed by atoms with Gasteiger partial charge in [0.1, 0.15) is 5.82 Å². The monoisotopic (exact) mass is 320 g/mol. The van der Waals surface area contributed by atoms with Crippen molar-refractivity contribution in [3.8, 4) is 11.4 Å². The lowest BCUT2D eigenvalue weighted by Gasteiger charge is -2.20. The van der Waals surface area contributed by atoms with Gasteiger partial charge in [0.2, 0.25) is 0 Å². The van der Waals surface area contributed by atoms with E-state index in [9.17, 15) is 0 Å². The molecule has 0 amide bonds. The zero-order chi connectivity index (χ0) is 16.4. The van der Waals surface area contributed by atoms with Gasteiger partial charge in [-0.2, -0.15) is 0 Å². The van der Waals surface area contributed by atoms with Gasteiger partial charge in [-0.3, -0.25) is 0 Å². The van der Waals surface area contributed by atoms with E-state index in [1.54, 1.807) is 7.11 Å². The topological polar surface area (TPSA) is 59.1 Å². The smallest absolute Gasteiger partial charge is 0.162 e. The van der Waals surface area contributed by atoms with Crippen molar-refractivity contribution in [1.82, 2.24) is 15.3 Å². The van der Waals surface area contributed by atoms with E-state index in [0.29, 0.717) is 0 Å². The first-order valence-corrected chi connectivity index (χ1v) is 8.17. The highest BCUT2D eigenvalue weighted by molar-refractivity contribution is 5.90. The molecule has 1 aliphatic heterocycles. The van der Waals surface area contributed by atoms with Gasteiger partial charge in [0.15, 0.2) is 5.82 Å². The van der Waals surface area contributed by atoms with Crippen LogP contribution >= 0.6 is 0 Å². The van der Waals surface area contributed by atoms with E-state index in [0.717, 1.165) is 41.2 Å². The Morgan fingerprint density at radius 3 is 2.62 bits per heavy atom. The number of anilines is 1. The summed E-state index contributed by atoms with van der Waals surface area (Å²) in [6.07, 6.45) is 0.138. The summed E-state index contributed by atoms with van der Waals surface area (Å²) >= 11 is 0. The summed E-state index contributed by atoms with van der Waals surface area (Å²) in [6.45, 7) is 1.71. The average molecular weight is 320 g/mol. The molecule has 5 heteroatoms. The predicted octanol–water partition coefficient (Wildman–Crippen LogP) is 2.70. The van der Waals surface area contributed by atoms with Gasteiger partial charge in [-0.25, -0.2) is 9.97 Å². The number of hydrogen-bond donors (Lipinski definition) is 2. The van der Waals surface area contributed by atoms with Crippen molar-refractivity contribution >= 4 is 16.7 Å². The van der Waals surface area contributed by atoms with Crippen LogP contribution in [0.1, 0.15) is 0 Å². The van der Waals surface area contributed by atoms with Crippen LogP contribution in [0.3, 0.4) is 0 Å². The van der Waals surface area contributed by atoms with E-state index >= 15 is 0 Å². The summed E-state index contributed by atoms with van der Waals surface area (Å²) in [6, 6.07) is 18.3. The quantitative estimate of drug-likeness (QED) is 0.774. The zero-order valence-corrected chi connectivity index (χ0v) is 13.6. The molecule has 2 heterocycles. The van der Waals surface area contributed by atoms with Crippen LogP contribution in [-0.4, -0.2) is 42.3 Å². The number of methoxy groups -OCH3 is 1. The summed E-state index contributed by atoms with van der Waals surface area (Å²) in [5, 5.41) is 7.94. The Bertz CT molecular complexity index is 837. The molecular formula is C19H20N4O. The molecule has 1 aromatic heterocycles. The number of benzene rings is 2. The van der Waals surface area contributed by atoms with Crippen molar-refractivity contribution in [3.05, 3.63) is 54.6 Å². The number of para-hydroxylation sites is 1. The maximum atomic E-state index is 5.55. The van der Waals surface area contributed by atoms with E-state index in [-0.39, 0.29) is 12.1 Å². The summed E-state index contributed by atoms with van der Waals surface area (Å²) in [5.41, 5.74) is 1.95. The molecule has 122 valence electrons. The van der Waals surface area contributed by atoms with Crippen LogP contribution in [0.25, 0.3) is 22.3 Å². The molecule has 2 atom stereocenters. The van der Waals surface area contributed by atoms with Crippen molar-refractivity contribution in [2.24, 2.45) is 0 Å². The molecule has 4 rings (SSSR count). The molecule has 0 aliphatic carbocycles. The van der Waals surface area contributed by atoms with Crippen LogP contribution < -0.4 is 10.6 Å². The molecule has 2 N–H and O–H groups in total. The van der Waals surface area contributed by atoms with E-state index in [4.69, 9.17) is 14.7 Å². The first kappa shape index (κ1) is 15.1. The second-order valence-electron chi connectivity index (χ2n) is 5.96. The fourth-order valence-electron chi connectivity index (χ4n) is 3.12. The fraction of sp³-hybridized carbons (Fsp3) is 0.263. The molecule has 2 aromatic carbocycles.